The number of aryl methyl sites for hydroxylation is 1. The molecule has 0 saturated carbocycles. The van der Waals surface area contributed by atoms with Gasteiger partial charge in [-0.05, 0) is 30.2 Å². The molecule has 0 aliphatic heterocycles. The summed E-state index contributed by atoms with van der Waals surface area (Å²) in [4.78, 5) is 4.09. The van der Waals surface area contributed by atoms with E-state index in [1.54, 1.807) is 31.3 Å². The standard InChI is InChI=1S/C14H14F3N3/c1-9-10(6-4-8-19-9)13(20-18)11-5-2-3-7-12(11)14(15,16)17/h2-8,13,20H,18H2,1H3. The fourth-order valence-corrected chi connectivity index (χ4v) is 2.16. The van der Waals surface area contributed by atoms with E-state index >= 15 is 0 Å². The average molecular weight is 281 g/mol. The molecule has 20 heavy (non-hydrogen) atoms. The number of hydrazine groups is 1. The van der Waals surface area contributed by atoms with Crippen LogP contribution in [0.25, 0.3) is 0 Å². The predicted molar refractivity (Wildman–Crippen MR) is 69.6 cm³/mol. The molecule has 1 unspecified atom stereocenters. The van der Waals surface area contributed by atoms with Crippen LogP contribution in [-0.2, 0) is 6.18 Å². The Labute approximate surface area is 114 Å². The van der Waals surface area contributed by atoms with Crippen molar-refractivity contribution >= 4 is 0 Å². The Hall–Kier alpha value is -1.92. The number of alkyl halides is 3. The van der Waals surface area contributed by atoms with E-state index < -0.39 is 17.8 Å². The number of hydrogen-bond donors (Lipinski definition) is 2. The van der Waals surface area contributed by atoms with Gasteiger partial charge < -0.3 is 0 Å². The van der Waals surface area contributed by atoms with Gasteiger partial charge in [0.15, 0.2) is 0 Å². The number of nitrogens with one attached hydrogen (secondary N) is 1. The third-order valence-corrected chi connectivity index (χ3v) is 3.10. The van der Waals surface area contributed by atoms with Crippen LogP contribution in [0, 0.1) is 6.92 Å². The van der Waals surface area contributed by atoms with E-state index in [9.17, 15) is 13.2 Å². The molecule has 0 spiro atoms. The van der Waals surface area contributed by atoms with E-state index in [1.807, 2.05) is 0 Å². The van der Waals surface area contributed by atoms with E-state index in [-0.39, 0.29) is 5.56 Å². The number of benzene rings is 1. The molecule has 0 bridgehead atoms. The van der Waals surface area contributed by atoms with Gasteiger partial charge in [0.25, 0.3) is 0 Å². The highest BCUT2D eigenvalue weighted by molar-refractivity contribution is 5.39. The smallest absolute Gasteiger partial charge is 0.271 e. The van der Waals surface area contributed by atoms with E-state index in [0.717, 1.165) is 6.07 Å². The van der Waals surface area contributed by atoms with Gasteiger partial charge >= 0.3 is 6.18 Å². The van der Waals surface area contributed by atoms with Gasteiger partial charge in [-0.15, -0.1) is 0 Å². The highest BCUT2D eigenvalue weighted by Crippen LogP contribution is 2.36. The average Bonchev–Trinajstić information content (AvgIpc) is 2.41. The summed E-state index contributed by atoms with van der Waals surface area (Å²) in [6.45, 7) is 1.73. The first kappa shape index (κ1) is 14.5. The summed E-state index contributed by atoms with van der Waals surface area (Å²) >= 11 is 0. The molecule has 1 aromatic carbocycles. The van der Waals surface area contributed by atoms with Crippen LogP contribution in [0.15, 0.2) is 42.6 Å². The summed E-state index contributed by atoms with van der Waals surface area (Å²) in [7, 11) is 0. The van der Waals surface area contributed by atoms with Crippen molar-refractivity contribution in [2.75, 3.05) is 0 Å². The van der Waals surface area contributed by atoms with Crippen LogP contribution in [0.1, 0.15) is 28.4 Å². The second-order valence-electron chi connectivity index (χ2n) is 4.36. The van der Waals surface area contributed by atoms with E-state index in [0.29, 0.717) is 11.3 Å². The van der Waals surface area contributed by atoms with Crippen LogP contribution in [0.3, 0.4) is 0 Å². The van der Waals surface area contributed by atoms with Crippen LogP contribution in [0.5, 0.6) is 0 Å². The largest absolute Gasteiger partial charge is 0.416 e. The van der Waals surface area contributed by atoms with Crippen molar-refractivity contribution in [2.24, 2.45) is 5.84 Å². The quantitative estimate of drug-likeness (QED) is 0.671. The molecule has 106 valence electrons. The van der Waals surface area contributed by atoms with Crippen molar-refractivity contribution in [3.63, 3.8) is 0 Å². The molecule has 0 fully saturated rings. The SMILES string of the molecule is Cc1ncccc1C(NN)c1ccccc1C(F)(F)F. The van der Waals surface area contributed by atoms with Gasteiger partial charge in [-0.2, -0.15) is 13.2 Å². The number of pyridine rings is 1. The van der Waals surface area contributed by atoms with Crippen LogP contribution in [0.2, 0.25) is 0 Å². The van der Waals surface area contributed by atoms with Crippen LogP contribution < -0.4 is 11.3 Å². The molecule has 6 heteroatoms. The molecule has 0 aliphatic rings. The molecule has 0 amide bonds. The third kappa shape index (κ3) is 2.81. The highest BCUT2D eigenvalue weighted by atomic mass is 19.4. The minimum absolute atomic E-state index is 0.0820. The molecular formula is C14H14F3N3. The summed E-state index contributed by atoms with van der Waals surface area (Å²) in [5.41, 5.74) is 3.08. The van der Waals surface area contributed by atoms with Crippen molar-refractivity contribution in [3.05, 3.63) is 65.0 Å². The monoisotopic (exact) mass is 281 g/mol. The van der Waals surface area contributed by atoms with E-state index in [4.69, 9.17) is 5.84 Å². The topological polar surface area (TPSA) is 50.9 Å². The Bertz CT molecular complexity index is 596. The minimum atomic E-state index is -4.43. The summed E-state index contributed by atoms with van der Waals surface area (Å²) in [5.74, 6) is 5.47. The first-order valence-corrected chi connectivity index (χ1v) is 5.99. The number of aromatic nitrogens is 1. The second-order valence-corrected chi connectivity index (χ2v) is 4.36. The summed E-state index contributed by atoms with van der Waals surface area (Å²) in [6.07, 6.45) is -2.84. The van der Waals surface area contributed by atoms with Crippen molar-refractivity contribution in [1.29, 1.82) is 0 Å². The van der Waals surface area contributed by atoms with Gasteiger partial charge in [-0.3, -0.25) is 10.8 Å². The Morgan fingerprint density at radius 1 is 1.10 bits per heavy atom. The van der Waals surface area contributed by atoms with Crippen LogP contribution in [0.4, 0.5) is 13.2 Å². The molecular weight excluding hydrogens is 267 g/mol. The van der Waals surface area contributed by atoms with Crippen molar-refractivity contribution in [2.45, 2.75) is 19.1 Å². The zero-order valence-electron chi connectivity index (χ0n) is 10.8. The van der Waals surface area contributed by atoms with Crippen molar-refractivity contribution < 1.29 is 13.2 Å². The maximum Gasteiger partial charge on any atom is 0.416 e. The number of nitrogens with zero attached hydrogens (tertiary/aromatic N) is 1. The van der Waals surface area contributed by atoms with Crippen LogP contribution >= 0.6 is 0 Å². The van der Waals surface area contributed by atoms with Gasteiger partial charge in [-0.1, -0.05) is 24.3 Å². The Kier molecular flexibility index (Phi) is 4.06. The van der Waals surface area contributed by atoms with Gasteiger partial charge in [0.05, 0.1) is 11.6 Å². The third-order valence-electron chi connectivity index (χ3n) is 3.10. The molecule has 0 aliphatic carbocycles. The summed E-state index contributed by atoms with van der Waals surface area (Å²) < 4.78 is 39.2. The van der Waals surface area contributed by atoms with E-state index in [1.165, 1.54) is 12.1 Å². The number of rotatable bonds is 3. The van der Waals surface area contributed by atoms with E-state index in [2.05, 4.69) is 10.4 Å². The highest BCUT2D eigenvalue weighted by Gasteiger charge is 2.35. The Balaban J connectivity index is 2.57. The molecule has 1 heterocycles. The van der Waals surface area contributed by atoms with Gasteiger partial charge in [-0.25, -0.2) is 5.43 Å². The van der Waals surface area contributed by atoms with Gasteiger partial charge in [0.1, 0.15) is 0 Å². The first-order valence-electron chi connectivity index (χ1n) is 5.99. The molecule has 3 nitrogen and oxygen atoms in total. The fourth-order valence-electron chi connectivity index (χ4n) is 2.16. The molecule has 1 atom stereocenters. The molecule has 0 radical (unpaired) electrons. The maximum absolute atomic E-state index is 13.1. The second kappa shape index (κ2) is 5.60. The number of hydrogen-bond acceptors (Lipinski definition) is 3. The normalized spacial score (nSPS) is 13.2. The zero-order valence-corrected chi connectivity index (χ0v) is 10.8. The lowest BCUT2D eigenvalue weighted by Crippen LogP contribution is -2.31. The molecule has 3 N–H and O–H groups in total. The lowest BCUT2D eigenvalue weighted by Gasteiger charge is -2.22. The van der Waals surface area contributed by atoms with Crippen molar-refractivity contribution in [3.8, 4) is 0 Å². The zero-order chi connectivity index (χ0) is 14.8. The molecule has 2 rings (SSSR count). The summed E-state index contributed by atoms with van der Waals surface area (Å²) in [6, 6.07) is 7.99. The molecule has 1 aromatic heterocycles. The first-order chi connectivity index (χ1) is 9.45. The lowest BCUT2D eigenvalue weighted by molar-refractivity contribution is -0.138. The summed E-state index contributed by atoms with van der Waals surface area (Å²) in [5, 5.41) is 0. The minimum Gasteiger partial charge on any atom is -0.271 e. The Morgan fingerprint density at radius 2 is 1.75 bits per heavy atom. The molecule has 2 aromatic rings. The molecule has 0 saturated heterocycles. The van der Waals surface area contributed by atoms with Crippen molar-refractivity contribution in [1.82, 2.24) is 10.4 Å². The maximum atomic E-state index is 13.1. The number of halogens is 3. The number of nitrogens with two attached hydrogens (primary N) is 1. The van der Waals surface area contributed by atoms with Gasteiger partial charge in [0.2, 0.25) is 0 Å². The predicted octanol–water partition coefficient (Wildman–Crippen LogP) is 2.96. The van der Waals surface area contributed by atoms with Gasteiger partial charge in [0, 0.05) is 11.9 Å². The fraction of sp³-hybridized carbons (Fsp3) is 0.214. The lowest BCUT2D eigenvalue weighted by atomic mass is 9.94. The van der Waals surface area contributed by atoms with Crippen LogP contribution in [-0.4, -0.2) is 4.98 Å². The Morgan fingerprint density at radius 3 is 2.35 bits per heavy atom.